The van der Waals surface area contributed by atoms with Gasteiger partial charge in [-0.2, -0.15) is 0 Å². The van der Waals surface area contributed by atoms with Crippen LogP contribution in [-0.4, -0.2) is 0 Å². The van der Waals surface area contributed by atoms with Gasteiger partial charge in [-0.1, -0.05) is 218 Å². The van der Waals surface area contributed by atoms with Gasteiger partial charge in [-0.25, -0.2) is 0 Å². The summed E-state index contributed by atoms with van der Waals surface area (Å²) in [5.74, 6) is 1.78. The summed E-state index contributed by atoms with van der Waals surface area (Å²) in [6.07, 6.45) is 0. The van der Waals surface area contributed by atoms with E-state index in [-0.39, 0.29) is 0 Å². The SMILES string of the molecule is c1ccc(-c2ccc(-c3ccc(N(c4ccc(-c5ccc(-c6cccc7ccccc67)cc5)cc4)c4cccc(-c5ccc6c7c(cccc57)-c5ccccc5O6)c4)cc3)cc2-c2ccccc2)cc1. The smallest absolute Gasteiger partial charge is 0.135 e. The summed E-state index contributed by atoms with van der Waals surface area (Å²) in [5, 5.41) is 4.83. The molecule has 13 rings (SSSR count). The normalized spacial score (nSPS) is 11.5. The first kappa shape index (κ1) is 41.0. The Bertz CT molecular complexity index is 3870. The van der Waals surface area contributed by atoms with Crippen LogP contribution in [0.3, 0.4) is 0 Å². The number of benzene rings is 12. The van der Waals surface area contributed by atoms with Crippen molar-refractivity contribution in [3.05, 3.63) is 273 Å². The van der Waals surface area contributed by atoms with Crippen LogP contribution >= 0.6 is 0 Å². The van der Waals surface area contributed by atoms with Crippen LogP contribution in [0, 0.1) is 0 Å². The van der Waals surface area contributed by atoms with Crippen LogP contribution in [0.5, 0.6) is 11.5 Å². The van der Waals surface area contributed by atoms with Crippen molar-refractivity contribution >= 4 is 38.6 Å². The van der Waals surface area contributed by atoms with Crippen molar-refractivity contribution in [3.63, 3.8) is 0 Å². The fraction of sp³-hybridized carbons (Fsp3) is 0. The van der Waals surface area contributed by atoms with Gasteiger partial charge in [0.2, 0.25) is 0 Å². The maximum atomic E-state index is 6.49. The molecule has 1 aliphatic heterocycles. The molecule has 0 saturated heterocycles. The number of hydrogen-bond acceptors (Lipinski definition) is 2. The predicted molar refractivity (Wildman–Crippen MR) is 294 cm³/mol. The zero-order chi connectivity index (χ0) is 46.4. The first-order valence-corrected chi connectivity index (χ1v) is 24.0. The van der Waals surface area contributed by atoms with Crippen LogP contribution in [0.25, 0.3) is 99.4 Å². The van der Waals surface area contributed by atoms with E-state index in [9.17, 15) is 0 Å². The fourth-order valence-corrected chi connectivity index (χ4v) is 10.5. The number of fused-ring (bicyclic) bond motifs is 3. The average Bonchev–Trinajstić information content (AvgIpc) is 3.44. The highest BCUT2D eigenvalue weighted by molar-refractivity contribution is 6.10. The van der Waals surface area contributed by atoms with Gasteiger partial charge in [0.25, 0.3) is 0 Å². The molecule has 1 aliphatic rings. The van der Waals surface area contributed by atoms with E-state index in [1.165, 1.54) is 66.2 Å². The summed E-state index contributed by atoms with van der Waals surface area (Å²) in [6.45, 7) is 0. The van der Waals surface area contributed by atoms with Crippen molar-refractivity contribution in [2.75, 3.05) is 4.90 Å². The van der Waals surface area contributed by atoms with Gasteiger partial charge in [0.05, 0.1) is 0 Å². The number of anilines is 3. The highest BCUT2D eigenvalue weighted by Crippen LogP contribution is 2.49. The van der Waals surface area contributed by atoms with E-state index in [2.05, 4.69) is 272 Å². The third kappa shape index (κ3) is 7.40. The van der Waals surface area contributed by atoms with Gasteiger partial charge < -0.3 is 9.64 Å². The largest absolute Gasteiger partial charge is 0.456 e. The Balaban J connectivity index is 0.889. The Kier molecular flexibility index (Phi) is 10.2. The molecule has 2 nitrogen and oxygen atoms in total. The first-order valence-electron chi connectivity index (χ1n) is 24.0. The van der Waals surface area contributed by atoms with Crippen LogP contribution < -0.4 is 9.64 Å². The van der Waals surface area contributed by atoms with Gasteiger partial charge in [-0.05, 0) is 143 Å². The Morgan fingerprint density at radius 3 is 1.47 bits per heavy atom. The van der Waals surface area contributed by atoms with E-state index in [4.69, 9.17) is 4.74 Å². The summed E-state index contributed by atoms with van der Waals surface area (Å²) in [6, 6.07) is 98.6. The lowest BCUT2D eigenvalue weighted by Gasteiger charge is -2.27. The standard InChI is InChI=1S/C68H45NO/c1-3-14-49(15-4-1)60-41-36-53(45-65(60)51-16-5-2-6-17-51)48-34-39-56(40-35-48)69(55-37-32-47(33-38-55)46-28-30-52(31-29-46)59-24-12-19-50-18-7-8-22-58(50)59)57-21-11-20-54(44-57)61-42-43-67-68-63(61)25-13-26-64(68)62-23-9-10-27-66(62)70-67/h1-45H. The Labute approximate surface area is 408 Å². The molecule has 0 spiro atoms. The Hall–Kier alpha value is -9.24. The molecule has 328 valence electrons. The fourth-order valence-electron chi connectivity index (χ4n) is 10.5. The molecule has 0 saturated carbocycles. The molecule has 0 aliphatic carbocycles. The van der Waals surface area contributed by atoms with E-state index in [0.29, 0.717) is 0 Å². The minimum absolute atomic E-state index is 0.889. The van der Waals surface area contributed by atoms with Crippen LogP contribution in [-0.2, 0) is 0 Å². The second kappa shape index (κ2) is 17.4. The molecule has 0 N–H and O–H groups in total. The number of para-hydroxylation sites is 1. The third-order valence-electron chi connectivity index (χ3n) is 13.9. The molecule has 12 aromatic rings. The van der Waals surface area contributed by atoms with E-state index in [1.807, 2.05) is 6.07 Å². The third-order valence-corrected chi connectivity index (χ3v) is 13.9. The zero-order valence-electron chi connectivity index (χ0n) is 38.3. The molecule has 0 amide bonds. The maximum absolute atomic E-state index is 6.49. The molecule has 70 heavy (non-hydrogen) atoms. The molecule has 0 atom stereocenters. The molecule has 0 unspecified atom stereocenters. The van der Waals surface area contributed by atoms with Crippen molar-refractivity contribution in [1.29, 1.82) is 0 Å². The maximum Gasteiger partial charge on any atom is 0.135 e. The molecule has 0 radical (unpaired) electrons. The van der Waals surface area contributed by atoms with Gasteiger partial charge in [-0.3, -0.25) is 0 Å². The van der Waals surface area contributed by atoms with Gasteiger partial charge in [0.1, 0.15) is 11.5 Å². The lowest BCUT2D eigenvalue weighted by Crippen LogP contribution is -2.10. The average molecular weight is 892 g/mol. The molecular formula is C68H45NO. The van der Waals surface area contributed by atoms with E-state index in [1.54, 1.807) is 0 Å². The molecule has 1 heterocycles. The van der Waals surface area contributed by atoms with Crippen molar-refractivity contribution in [3.8, 4) is 89.4 Å². The van der Waals surface area contributed by atoms with E-state index in [0.717, 1.165) is 61.8 Å². The van der Waals surface area contributed by atoms with E-state index >= 15 is 0 Å². The van der Waals surface area contributed by atoms with E-state index < -0.39 is 0 Å². The summed E-state index contributed by atoms with van der Waals surface area (Å²) in [5.41, 5.74) is 19.8. The van der Waals surface area contributed by atoms with Gasteiger partial charge in [-0.15, -0.1) is 0 Å². The molecule has 0 fully saturated rings. The number of rotatable bonds is 9. The highest BCUT2D eigenvalue weighted by Gasteiger charge is 2.22. The minimum atomic E-state index is 0.889. The monoisotopic (exact) mass is 891 g/mol. The van der Waals surface area contributed by atoms with Crippen molar-refractivity contribution < 1.29 is 4.74 Å². The van der Waals surface area contributed by atoms with Crippen LogP contribution in [0.2, 0.25) is 0 Å². The van der Waals surface area contributed by atoms with Crippen molar-refractivity contribution in [2.45, 2.75) is 0 Å². The second-order valence-corrected chi connectivity index (χ2v) is 18.0. The van der Waals surface area contributed by atoms with Crippen molar-refractivity contribution in [1.82, 2.24) is 0 Å². The van der Waals surface area contributed by atoms with Gasteiger partial charge in [0, 0.05) is 28.0 Å². The van der Waals surface area contributed by atoms with Gasteiger partial charge >= 0.3 is 0 Å². The zero-order valence-corrected chi connectivity index (χ0v) is 38.3. The Morgan fingerprint density at radius 2 is 0.714 bits per heavy atom. The molecule has 0 aromatic heterocycles. The number of hydrogen-bond donors (Lipinski definition) is 0. The molecule has 12 aromatic carbocycles. The lowest BCUT2D eigenvalue weighted by molar-refractivity contribution is 0.487. The quantitative estimate of drug-likeness (QED) is 0.143. The highest BCUT2D eigenvalue weighted by atomic mass is 16.5. The molecule has 2 heteroatoms. The van der Waals surface area contributed by atoms with Crippen LogP contribution in [0.1, 0.15) is 0 Å². The minimum Gasteiger partial charge on any atom is -0.456 e. The first-order chi connectivity index (χ1) is 34.7. The van der Waals surface area contributed by atoms with Crippen LogP contribution in [0.15, 0.2) is 273 Å². The summed E-state index contributed by atoms with van der Waals surface area (Å²) >= 11 is 0. The van der Waals surface area contributed by atoms with Crippen LogP contribution in [0.4, 0.5) is 17.1 Å². The summed E-state index contributed by atoms with van der Waals surface area (Å²) < 4.78 is 6.49. The van der Waals surface area contributed by atoms with Gasteiger partial charge in [0.15, 0.2) is 0 Å². The molecule has 0 bridgehead atoms. The number of ether oxygens (including phenoxy) is 1. The summed E-state index contributed by atoms with van der Waals surface area (Å²) in [4.78, 5) is 2.37. The van der Waals surface area contributed by atoms with Crippen molar-refractivity contribution in [2.24, 2.45) is 0 Å². The number of nitrogens with zero attached hydrogens (tertiary/aromatic N) is 1. The summed E-state index contributed by atoms with van der Waals surface area (Å²) in [7, 11) is 0. The topological polar surface area (TPSA) is 12.5 Å². The second-order valence-electron chi connectivity index (χ2n) is 18.0. The lowest BCUT2D eigenvalue weighted by atomic mass is 9.90. The molecular weight excluding hydrogens is 847 g/mol. The predicted octanol–water partition coefficient (Wildman–Crippen LogP) is 19.2. The Morgan fingerprint density at radius 1 is 0.229 bits per heavy atom.